The maximum atomic E-state index is 2.32. The molecule has 85 valence electrons. The Morgan fingerprint density at radius 3 is 1.69 bits per heavy atom. The summed E-state index contributed by atoms with van der Waals surface area (Å²) in [6.45, 7) is 6.91. The Balaban J connectivity index is 0. The molecular weight excluding hydrogens is 341 g/mol. The van der Waals surface area contributed by atoms with Gasteiger partial charge in [0, 0.05) is 22.4 Å². The van der Waals surface area contributed by atoms with E-state index in [4.69, 9.17) is 0 Å². The van der Waals surface area contributed by atoms with E-state index in [0.717, 1.165) is 5.92 Å². The van der Waals surface area contributed by atoms with E-state index in [1.54, 1.807) is 0 Å². The van der Waals surface area contributed by atoms with Gasteiger partial charge in [-0.05, 0) is 5.92 Å². The molecule has 0 bridgehead atoms. The van der Waals surface area contributed by atoms with Crippen LogP contribution in [0.3, 0.4) is 0 Å². The van der Waals surface area contributed by atoms with Crippen molar-refractivity contribution in [3.05, 3.63) is 0 Å². The summed E-state index contributed by atoms with van der Waals surface area (Å²) in [5, 5.41) is 0. The van der Waals surface area contributed by atoms with E-state index >= 15 is 0 Å². The average Bonchev–Trinajstić information content (AvgIpc) is 2.02. The Morgan fingerprint density at radius 2 is 1.23 bits per heavy atom. The minimum atomic E-state index is 0. The number of hydrogen-bond donors (Lipinski definition) is 0. The minimum absolute atomic E-state index is 0. The second kappa shape index (κ2) is 12.7. The molecule has 0 saturated heterocycles. The third-order valence-electron chi connectivity index (χ3n) is 2.39. The maximum absolute atomic E-state index is 2.32. The Hall–Kier alpha value is 0.740. The van der Waals surface area contributed by atoms with E-state index < -0.39 is 0 Å². The largest absolute Gasteiger partial charge is 0.0654 e. The van der Waals surface area contributed by atoms with Crippen molar-refractivity contribution in [3.63, 3.8) is 0 Å². The van der Waals surface area contributed by atoms with Crippen molar-refractivity contribution >= 4 is 0 Å². The normalized spacial score (nSPS) is 10.2. The molecule has 0 amide bonds. The molecule has 1 radical (unpaired) electrons. The summed E-state index contributed by atoms with van der Waals surface area (Å²) in [6, 6.07) is 0. The van der Waals surface area contributed by atoms with Gasteiger partial charge in [-0.25, -0.2) is 0 Å². The topological polar surface area (TPSA) is 0 Å². The van der Waals surface area contributed by atoms with Gasteiger partial charge in [-0.2, -0.15) is 0 Å². The fraction of sp³-hybridized carbons (Fsp3) is 1.00. The molecule has 0 aliphatic carbocycles. The van der Waals surface area contributed by atoms with Crippen molar-refractivity contribution < 1.29 is 22.4 Å². The molecule has 0 N–H and O–H groups in total. The zero-order valence-electron chi connectivity index (χ0n) is 9.54. The van der Waals surface area contributed by atoms with Gasteiger partial charge in [-0.3, -0.25) is 0 Å². The first-order chi connectivity index (χ1) is 5.77. The summed E-state index contributed by atoms with van der Waals surface area (Å²) >= 11 is 0. The van der Waals surface area contributed by atoms with Crippen molar-refractivity contribution in [1.29, 1.82) is 0 Å². The Kier molecular flexibility index (Phi) is 15.9. The number of hydrogen-bond acceptors (Lipinski definition) is 0. The van der Waals surface area contributed by atoms with Crippen LogP contribution < -0.4 is 0 Å². The monoisotopic (exact) mass is 367 g/mol. The quantitative estimate of drug-likeness (QED) is 0.428. The van der Waals surface area contributed by atoms with Gasteiger partial charge in [0.25, 0.3) is 0 Å². The molecule has 0 aromatic heterocycles. The molecule has 0 spiro atoms. The first-order valence-electron chi connectivity index (χ1n) is 5.77. The minimum Gasteiger partial charge on any atom is -0.0654 e. The maximum Gasteiger partial charge on any atom is 0 e. The molecule has 0 saturated carbocycles. The van der Waals surface area contributed by atoms with E-state index in [2.05, 4.69) is 20.8 Å². The molecule has 0 rings (SSSR count). The van der Waals surface area contributed by atoms with Crippen LogP contribution in [0.1, 0.15) is 72.1 Å². The van der Waals surface area contributed by atoms with Crippen LogP contribution in [-0.2, 0) is 22.4 Å². The first-order valence-corrected chi connectivity index (χ1v) is 5.77. The Morgan fingerprint density at radius 1 is 0.769 bits per heavy atom. The molecule has 0 aromatic carbocycles. The second-order valence-corrected chi connectivity index (χ2v) is 4.30. The second-order valence-electron chi connectivity index (χ2n) is 4.30. The molecule has 0 atom stereocenters. The molecule has 0 heterocycles. The van der Waals surface area contributed by atoms with Crippen LogP contribution in [-0.4, -0.2) is 0 Å². The summed E-state index contributed by atoms with van der Waals surface area (Å²) in [7, 11) is 0. The molecule has 0 nitrogen and oxygen atoms in total. The zero-order valence-corrected chi connectivity index (χ0v) is 11.7. The van der Waals surface area contributed by atoms with Crippen LogP contribution >= 0.6 is 0 Å². The third-order valence-corrected chi connectivity index (χ3v) is 2.39. The van der Waals surface area contributed by atoms with E-state index in [-0.39, 0.29) is 22.4 Å². The summed E-state index contributed by atoms with van der Waals surface area (Å²) in [6.07, 6.45) is 11.5. The van der Waals surface area contributed by atoms with Gasteiger partial charge in [0.1, 0.15) is 0 Å². The van der Waals surface area contributed by atoms with Gasteiger partial charge in [0.2, 0.25) is 0 Å². The summed E-state index contributed by atoms with van der Waals surface area (Å²) in [5.74, 6) is 0.903. The molecule has 0 unspecified atom stereocenters. The predicted octanol–water partition coefficient (Wildman–Crippen LogP) is 4.78. The van der Waals surface area contributed by atoms with Crippen LogP contribution in [0.2, 0.25) is 0 Å². The van der Waals surface area contributed by atoms with E-state index in [9.17, 15) is 0 Å². The Labute approximate surface area is 100 Å². The smallest absolute Gasteiger partial charge is 0 e. The molecule has 13 heavy (non-hydrogen) atoms. The molecular formula is C12H26Au. The zero-order chi connectivity index (χ0) is 9.23. The number of rotatable bonds is 8. The van der Waals surface area contributed by atoms with E-state index in [0.29, 0.717) is 0 Å². The van der Waals surface area contributed by atoms with Gasteiger partial charge in [0.15, 0.2) is 0 Å². The molecule has 1 heteroatoms. The molecule has 0 aromatic rings. The molecule has 0 aliphatic heterocycles. The molecule has 0 aliphatic rings. The SMILES string of the molecule is CCCCCCCCCC(C)C.[Au]. The summed E-state index contributed by atoms with van der Waals surface area (Å²) in [4.78, 5) is 0. The summed E-state index contributed by atoms with van der Waals surface area (Å²) in [5.41, 5.74) is 0. The Bertz CT molecular complexity index is 79.2. The van der Waals surface area contributed by atoms with Gasteiger partial charge >= 0.3 is 0 Å². The fourth-order valence-electron chi connectivity index (χ4n) is 1.51. The number of unbranched alkanes of at least 4 members (excludes halogenated alkanes) is 6. The van der Waals surface area contributed by atoms with Gasteiger partial charge in [-0.1, -0.05) is 72.1 Å². The van der Waals surface area contributed by atoms with Crippen molar-refractivity contribution in [2.24, 2.45) is 5.92 Å². The van der Waals surface area contributed by atoms with Gasteiger partial charge in [0.05, 0.1) is 0 Å². The van der Waals surface area contributed by atoms with E-state index in [1.165, 1.54) is 51.4 Å². The third kappa shape index (κ3) is 15.5. The summed E-state index contributed by atoms with van der Waals surface area (Å²) < 4.78 is 0. The van der Waals surface area contributed by atoms with Crippen molar-refractivity contribution in [1.82, 2.24) is 0 Å². The van der Waals surface area contributed by atoms with Crippen LogP contribution in [0.25, 0.3) is 0 Å². The van der Waals surface area contributed by atoms with Crippen LogP contribution in [0.4, 0.5) is 0 Å². The van der Waals surface area contributed by atoms with Crippen LogP contribution in [0.15, 0.2) is 0 Å². The van der Waals surface area contributed by atoms with Crippen molar-refractivity contribution in [2.75, 3.05) is 0 Å². The fourth-order valence-corrected chi connectivity index (χ4v) is 1.51. The molecule has 0 fully saturated rings. The van der Waals surface area contributed by atoms with Crippen LogP contribution in [0.5, 0.6) is 0 Å². The van der Waals surface area contributed by atoms with Crippen molar-refractivity contribution in [2.45, 2.75) is 72.1 Å². The van der Waals surface area contributed by atoms with Gasteiger partial charge < -0.3 is 0 Å². The van der Waals surface area contributed by atoms with Crippen molar-refractivity contribution in [3.8, 4) is 0 Å². The predicted molar refractivity (Wildman–Crippen MR) is 57.4 cm³/mol. The average molecular weight is 367 g/mol. The van der Waals surface area contributed by atoms with E-state index in [1.807, 2.05) is 0 Å². The van der Waals surface area contributed by atoms with Gasteiger partial charge in [-0.15, -0.1) is 0 Å². The first kappa shape index (κ1) is 16.2. The van der Waals surface area contributed by atoms with Crippen LogP contribution in [0, 0.1) is 5.92 Å². The standard InChI is InChI=1S/C12H26.Au/c1-4-5-6-7-8-9-10-11-12(2)3;/h12H,4-11H2,1-3H3;.